The monoisotopic (exact) mass is 258 g/mol. The third kappa shape index (κ3) is 4.97. The largest absolute Gasteiger partial charge is 0.469 e. The Balaban J connectivity index is 5.27. The van der Waals surface area contributed by atoms with E-state index in [4.69, 9.17) is 4.74 Å². The second kappa shape index (κ2) is 7.13. The molecule has 0 heterocycles. The summed E-state index contributed by atoms with van der Waals surface area (Å²) in [4.78, 5) is 12.0. The van der Waals surface area contributed by atoms with E-state index in [1.54, 1.807) is 0 Å². The maximum atomic E-state index is 12.0. The number of ether oxygens (including phenoxy) is 1. The molecule has 0 bridgehead atoms. The topological polar surface area (TPSA) is 46.5 Å². The highest BCUT2D eigenvalue weighted by atomic mass is 16.5. The third-order valence-corrected chi connectivity index (χ3v) is 3.22. The molecule has 1 N–H and O–H groups in total. The normalized spacial score (nSPS) is 14.4. The second-order valence-corrected chi connectivity index (χ2v) is 6.54. The minimum Gasteiger partial charge on any atom is -0.469 e. The van der Waals surface area contributed by atoms with Crippen LogP contribution in [0.1, 0.15) is 54.4 Å². The fraction of sp³-hybridized carbons (Fsp3) is 0.933. The minimum atomic E-state index is -0.969. The molecule has 18 heavy (non-hydrogen) atoms. The van der Waals surface area contributed by atoms with Crippen LogP contribution in [-0.4, -0.2) is 23.8 Å². The van der Waals surface area contributed by atoms with Crippen LogP contribution < -0.4 is 0 Å². The van der Waals surface area contributed by atoms with Crippen LogP contribution in [0.2, 0.25) is 0 Å². The predicted molar refractivity (Wildman–Crippen MR) is 74.2 cm³/mol. The van der Waals surface area contributed by atoms with Gasteiger partial charge in [0.1, 0.15) is 0 Å². The summed E-state index contributed by atoms with van der Waals surface area (Å²) in [5.74, 6) is 0.0142. The second-order valence-electron chi connectivity index (χ2n) is 6.54. The quantitative estimate of drug-likeness (QED) is 0.713. The molecular weight excluding hydrogens is 228 g/mol. The number of carbonyl (C=O) groups excluding carboxylic acids is 1. The van der Waals surface area contributed by atoms with Gasteiger partial charge in [0.15, 0.2) is 0 Å². The van der Waals surface area contributed by atoms with Gasteiger partial charge < -0.3 is 9.84 Å². The first-order valence-electron chi connectivity index (χ1n) is 6.94. The lowest BCUT2D eigenvalue weighted by Gasteiger charge is -2.39. The number of hydrogen-bond donors (Lipinski definition) is 1. The zero-order valence-electron chi connectivity index (χ0n) is 13.0. The molecule has 3 nitrogen and oxygen atoms in total. The van der Waals surface area contributed by atoms with Gasteiger partial charge in [-0.05, 0) is 30.6 Å². The molecule has 108 valence electrons. The lowest BCUT2D eigenvalue weighted by atomic mass is 9.71. The highest BCUT2D eigenvalue weighted by Crippen LogP contribution is 2.37. The van der Waals surface area contributed by atoms with E-state index in [1.165, 1.54) is 7.11 Å². The van der Waals surface area contributed by atoms with Crippen LogP contribution in [-0.2, 0) is 9.53 Å². The summed E-state index contributed by atoms with van der Waals surface area (Å²) in [6.45, 7) is 12.2. The molecule has 0 aliphatic carbocycles. The van der Waals surface area contributed by atoms with Crippen LogP contribution in [0.3, 0.4) is 0 Å². The Morgan fingerprint density at radius 3 is 1.67 bits per heavy atom. The van der Waals surface area contributed by atoms with Crippen molar-refractivity contribution in [3.05, 3.63) is 0 Å². The number of carbonyl (C=O) groups is 1. The molecule has 3 heteroatoms. The molecule has 0 spiro atoms. The molecule has 1 unspecified atom stereocenters. The Hall–Kier alpha value is -0.570. The van der Waals surface area contributed by atoms with Crippen LogP contribution in [0.15, 0.2) is 0 Å². The van der Waals surface area contributed by atoms with Crippen molar-refractivity contribution in [1.82, 2.24) is 0 Å². The highest BCUT2D eigenvalue weighted by molar-refractivity contribution is 5.74. The number of rotatable bonds is 7. The average molecular weight is 258 g/mol. The van der Waals surface area contributed by atoms with Crippen LogP contribution in [0.4, 0.5) is 0 Å². The van der Waals surface area contributed by atoms with Gasteiger partial charge in [-0.2, -0.15) is 0 Å². The first-order valence-corrected chi connectivity index (χ1v) is 6.94. The van der Waals surface area contributed by atoms with Gasteiger partial charge in [-0.1, -0.05) is 41.5 Å². The lowest BCUT2D eigenvalue weighted by Crippen LogP contribution is -2.47. The van der Waals surface area contributed by atoms with Crippen molar-refractivity contribution >= 4 is 5.97 Å². The van der Waals surface area contributed by atoms with Crippen molar-refractivity contribution in [2.24, 2.45) is 23.7 Å². The molecule has 0 aliphatic rings. The summed E-state index contributed by atoms with van der Waals surface area (Å²) in [6.07, 6.45) is 1.26. The number of esters is 1. The van der Waals surface area contributed by atoms with Crippen LogP contribution in [0, 0.1) is 23.7 Å². The maximum Gasteiger partial charge on any atom is 0.311 e. The summed E-state index contributed by atoms with van der Waals surface area (Å²) >= 11 is 0. The molecular formula is C15H30O3. The SMILES string of the molecule is COC(=O)C(C(C)C)C(O)(CC(C)C)CC(C)C. The molecule has 0 saturated heterocycles. The number of aliphatic hydroxyl groups is 1. The average Bonchev–Trinajstić information content (AvgIpc) is 2.13. The number of hydrogen-bond acceptors (Lipinski definition) is 3. The van der Waals surface area contributed by atoms with Gasteiger partial charge in [0, 0.05) is 0 Å². The number of methoxy groups -OCH3 is 1. The van der Waals surface area contributed by atoms with E-state index in [0.717, 1.165) is 0 Å². The Morgan fingerprint density at radius 1 is 1.06 bits per heavy atom. The Kier molecular flexibility index (Phi) is 6.90. The lowest BCUT2D eigenvalue weighted by molar-refractivity contribution is -0.162. The van der Waals surface area contributed by atoms with Crippen molar-refractivity contribution < 1.29 is 14.6 Å². The summed E-state index contributed by atoms with van der Waals surface area (Å²) in [5.41, 5.74) is -0.969. The van der Waals surface area contributed by atoms with E-state index in [2.05, 4.69) is 27.7 Å². The Labute approximate surface area is 112 Å². The van der Waals surface area contributed by atoms with Gasteiger partial charge in [-0.25, -0.2) is 0 Å². The Morgan fingerprint density at radius 2 is 1.44 bits per heavy atom. The van der Waals surface area contributed by atoms with Gasteiger partial charge >= 0.3 is 5.97 Å². The van der Waals surface area contributed by atoms with Crippen molar-refractivity contribution in [3.63, 3.8) is 0 Å². The van der Waals surface area contributed by atoms with E-state index in [-0.39, 0.29) is 11.9 Å². The summed E-state index contributed by atoms with van der Waals surface area (Å²) in [5, 5.41) is 11.0. The molecule has 0 radical (unpaired) electrons. The standard InChI is InChI=1S/C15H30O3/c1-10(2)8-15(17,9-11(3)4)13(12(5)6)14(16)18-7/h10-13,17H,8-9H2,1-7H3. The molecule has 0 aromatic carbocycles. The minimum absolute atomic E-state index is 0.0694. The van der Waals surface area contributed by atoms with Crippen molar-refractivity contribution in [2.45, 2.75) is 60.0 Å². The predicted octanol–water partition coefficient (Wildman–Crippen LogP) is 3.25. The zero-order chi connectivity index (χ0) is 14.5. The van der Waals surface area contributed by atoms with E-state index in [1.807, 2.05) is 13.8 Å². The smallest absolute Gasteiger partial charge is 0.311 e. The fourth-order valence-corrected chi connectivity index (χ4v) is 2.99. The summed E-state index contributed by atoms with van der Waals surface area (Å²) in [6, 6.07) is 0. The van der Waals surface area contributed by atoms with Gasteiger partial charge in [0.2, 0.25) is 0 Å². The van der Waals surface area contributed by atoms with Crippen molar-refractivity contribution in [2.75, 3.05) is 7.11 Å². The van der Waals surface area contributed by atoms with Gasteiger partial charge in [-0.3, -0.25) is 4.79 Å². The summed E-state index contributed by atoms with van der Waals surface area (Å²) in [7, 11) is 1.39. The molecule has 0 aliphatic heterocycles. The zero-order valence-corrected chi connectivity index (χ0v) is 13.0. The van der Waals surface area contributed by atoms with E-state index in [9.17, 15) is 9.90 Å². The maximum absolute atomic E-state index is 12.0. The molecule has 0 saturated carbocycles. The van der Waals surface area contributed by atoms with E-state index in [0.29, 0.717) is 24.7 Å². The Bertz CT molecular complexity index is 246. The first-order chi connectivity index (χ1) is 8.14. The van der Waals surface area contributed by atoms with Crippen molar-refractivity contribution in [1.29, 1.82) is 0 Å². The fourth-order valence-electron chi connectivity index (χ4n) is 2.99. The van der Waals surface area contributed by atoms with Crippen molar-refractivity contribution in [3.8, 4) is 0 Å². The van der Waals surface area contributed by atoms with Gasteiger partial charge in [0.25, 0.3) is 0 Å². The van der Waals surface area contributed by atoms with Crippen LogP contribution >= 0.6 is 0 Å². The van der Waals surface area contributed by atoms with E-state index >= 15 is 0 Å². The summed E-state index contributed by atoms with van der Waals surface area (Å²) < 4.78 is 4.88. The van der Waals surface area contributed by atoms with Crippen LogP contribution in [0.25, 0.3) is 0 Å². The van der Waals surface area contributed by atoms with Crippen LogP contribution in [0.5, 0.6) is 0 Å². The highest BCUT2D eigenvalue weighted by Gasteiger charge is 2.44. The molecule has 1 atom stereocenters. The molecule has 0 amide bonds. The van der Waals surface area contributed by atoms with Gasteiger partial charge in [0.05, 0.1) is 18.6 Å². The third-order valence-electron chi connectivity index (χ3n) is 3.22. The molecule has 0 fully saturated rings. The molecule has 0 aromatic heterocycles. The first kappa shape index (κ1) is 17.4. The van der Waals surface area contributed by atoms with E-state index < -0.39 is 11.5 Å². The molecule has 0 aromatic rings. The molecule has 0 rings (SSSR count). The van der Waals surface area contributed by atoms with Gasteiger partial charge in [-0.15, -0.1) is 0 Å².